The monoisotopic (exact) mass is 221 g/mol. The van der Waals surface area contributed by atoms with Crippen LogP contribution in [-0.4, -0.2) is 11.1 Å². The van der Waals surface area contributed by atoms with Gasteiger partial charge < -0.3 is 10.8 Å². The van der Waals surface area contributed by atoms with E-state index in [0.29, 0.717) is 0 Å². The van der Waals surface area contributed by atoms with Crippen molar-refractivity contribution in [2.75, 3.05) is 0 Å². The second kappa shape index (κ2) is 6.66. The van der Waals surface area contributed by atoms with E-state index in [4.69, 9.17) is 5.73 Å². The molecule has 0 aliphatic heterocycles. The summed E-state index contributed by atoms with van der Waals surface area (Å²) in [6.45, 7) is 4.00. The SMILES string of the molecule is CC.NC1CCCC1C(O)c1ccccc1. The molecule has 90 valence electrons. The molecular formula is C14H23NO. The van der Waals surface area contributed by atoms with Gasteiger partial charge in [-0.2, -0.15) is 0 Å². The lowest BCUT2D eigenvalue weighted by atomic mass is 9.92. The van der Waals surface area contributed by atoms with Crippen molar-refractivity contribution in [3.8, 4) is 0 Å². The van der Waals surface area contributed by atoms with E-state index < -0.39 is 0 Å². The van der Waals surface area contributed by atoms with Gasteiger partial charge in [-0.05, 0) is 18.4 Å². The predicted octanol–water partition coefficient (Wildman–Crippen LogP) is 2.87. The molecule has 0 spiro atoms. The third-order valence-corrected chi connectivity index (χ3v) is 3.17. The van der Waals surface area contributed by atoms with Crippen molar-refractivity contribution in [1.29, 1.82) is 0 Å². The van der Waals surface area contributed by atoms with Crippen molar-refractivity contribution in [3.05, 3.63) is 35.9 Å². The van der Waals surface area contributed by atoms with Crippen LogP contribution in [0.1, 0.15) is 44.8 Å². The topological polar surface area (TPSA) is 46.2 Å². The predicted molar refractivity (Wildman–Crippen MR) is 68.1 cm³/mol. The van der Waals surface area contributed by atoms with Crippen LogP contribution in [0.4, 0.5) is 0 Å². The van der Waals surface area contributed by atoms with Gasteiger partial charge in [0.15, 0.2) is 0 Å². The molecule has 0 radical (unpaired) electrons. The van der Waals surface area contributed by atoms with Gasteiger partial charge >= 0.3 is 0 Å². The second-order valence-electron chi connectivity index (χ2n) is 4.11. The normalized spacial score (nSPS) is 25.8. The molecule has 1 aliphatic rings. The molecule has 3 N–H and O–H groups in total. The van der Waals surface area contributed by atoms with Crippen LogP contribution >= 0.6 is 0 Å². The lowest BCUT2D eigenvalue weighted by molar-refractivity contribution is 0.103. The molecule has 0 heterocycles. The summed E-state index contributed by atoms with van der Waals surface area (Å²) in [5, 5.41) is 10.1. The molecule has 1 aromatic carbocycles. The Hall–Kier alpha value is -0.860. The zero-order valence-corrected chi connectivity index (χ0v) is 10.3. The van der Waals surface area contributed by atoms with E-state index in [-0.39, 0.29) is 18.1 Å². The average molecular weight is 221 g/mol. The van der Waals surface area contributed by atoms with Gasteiger partial charge in [0.1, 0.15) is 0 Å². The van der Waals surface area contributed by atoms with Gasteiger partial charge in [0.25, 0.3) is 0 Å². The van der Waals surface area contributed by atoms with Crippen LogP contribution in [0.25, 0.3) is 0 Å². The molecule has 0 saturated heterocycles. The molecule has 2 rings (SSSR count). The second-order valence-corrected chi connectivity index (χ2v) is 4.11. The van der Waals surface area contributed by atoms with E-state index >= 15 is 0 Å². The zero-order valence-electron chi connectivity index (χ0n) is 10.3. The van der Waals surface area contributed by atoms with Crippen LogP contribution in [0.2, 0.25) is 0 Å². The number of hydrogen-bond acceptors (Lipinski definition) is 2. The molecule has 3 atom stereocenters. The Morgan fingerprint density at radius 1 is 1.19 bits per heavy atom. The van der Waals surface area contributed by atoms with Gasteiger partial charge in [-0.3, -0.25) is 0 Å². The molecule has 1 aliphatic carbocycles. The smallest absolute Gasteiger partial charge is 0.0832 e. The maximum atomic E-state index is 10.1. The van der Waals surface area contributed by atoms with Crippen molar-refractivity contribution in [1.82, 2.24) is 0 Å². The highest BCUT2D eigenvalue weighted by Gasteiger charge is 2.30. The largest absolute Gasteiger partial charge is 0.388 e. The number of aliphatic hydroxyl groups excluding tert-OH is 1. The van der Waals surface area contributed by atoms with Gasteiger partial charge in [0.05, 0.1) is 6.10 Å². The number of rotatable bonds is 2. The fraction of sp³-hybridized carbons (Fsp3) is 0.571. The molecule has 16 heavy (non-hydrogen) atoms. The molecule has 2 nitrogen and oxygen atoms in total. The lowest BCUT2D eigenvalue weighted by Crippen LogP contribution is -2.29. The highest BCUT2D eigenvalue weighted by molar-refractivity contribution is 5.18. The first-order valence-corrected chi connectivity index (χ1v) is 6.27. The van der Waals surface area contributed by atoms with Crippen molar-refractivity contribution in [3.63, 3.8) is 0 Å². The van der Waals surface area contributed by atoms with Crippen LogP contribution in [0.5, 0.6) is 0 Å². The average Bonchev–Trinajstić information content (AvgIpc) is 2.78. The van der Waals surface area contributed by atoms with E-state index in [0.717, 1.165) is 24.8 Å². The Balaban J connectivity index is 0.000000606. The molecule has 1 saturated carbocycles. The van der Waals surface area contributed by atoms with Crippen LogP contribution in [-0.2, 0) is 0 Å². The van der Waals surface area contributed by atoms with Gasteiger partial charge in [-0.25, -0.2) is 0 Å². The van der Waals surface area contributed by atoms with Gasteiger partial charge in [-0.1, -0.05) is 50.6 Å². The number of aliphatic hydroxyl groups is 1. The molecular weight excluding hydrogens is 198 g/mol. The van der Waals surface area contributed by atoms with Crippen LogP contribution in [0, 0.1) is 5.92 Å². The summed E-state index contributed by atoms with van der Waals surface area (Å²) in [6.07, 6.45) is 2.87. The molecule has 0 bridgehead atoms. The van der Waals surface area contributed by atoms with E-state index in [1.165, 1.54) is 0 Å². The van der Waals surface area contributed by atoms with Crippen molar-refractivity contribution in [2.45, 2.75) is 45.3 Å². The minimum absolute atomic E-state index is 0.171. The highest BCUT2D eigenvalue weighted by Crippen LogP contribution is 2.34. The Morgan fingerprint density at radius 3 is 2.31 bits per heavy atom. The van der Waals surface area contributed by atoms with Crippen LogP contribution < -0.4 is 5.73 Å². The Labute approximate surface area is 98.5 Å². The third-order valence-electron chi connectivity index (χ3n) is 3.17. The molecule has 0 amide bonds. The van der Waals surface area contributed by atoms with Crippen LogP contribution in [0.15, 0.2) is 30.3 Å². The number of hydrogen-bond donors (Lipinski definition) is 2. The highest BCUT2D eigenvalue weighted by atomic mass is 16.3. The quantitative estimate of drug-likeness (QED) is 0.806. The van der Waals surface area contributed by atoms with E-state index in [1.807, 2.05) is 44.2 Å². The van der Waals surface area contributed by atoms with E-state index in [9.17, 15) is 5.11 Å². The number of benzene rings is 1. The van der Waals surface area contributed by atoms with Gasteiger partial charge in [-0.15, -0.1) is 0 Å². The summed E-state index contributed by atoms with van der Waals surface area (Å²) >= 11 is 0. The Bertz CT molecular complexity index is 286. The molecule has 2 heteroatoms. The summed E-state index contributed by atoms with van der Waals surface area (Å²) in [6, 6.07) is 9.99. The fourth-order valence-corrected chi connectivity index (χ4v) is 2.31. The summed E-state index contributed by atoms with van der Waals surface area (Å²) in [5.41, 5.74) is 6.95. The van der Waals surface area contributed by atoms with Crippen molar-refractivity contribution in [2.24, 2.45) is 11.7 Å². The van der Waals surface area contributed by atoms with E-state index in [2.05, 4.69) is 0 Å². The molecule has 3 unspecified atom stereocenters. The Kier molecular flexibility index (Phi) is 5.50. The summed E-state index contributed by atoms with van der Waals surface area (Å²) in [4.78, 5) is 0. The maximum absolute atomic E-state index is 10.1. The standard InChI is InChI=1S/C12H17NO.C2H6/c13-11-8-4-7-10(11)12(14)9-5-2-1-3-6-9;1-2/h1-3,5-6,10-12,14H,4,7-8,13H2;1-2H3. The number of nitrogens with two attached hydrogens (primary N) is 1. The molecule has 1 fully saturated rings. The minimum atomic E-state index is -0.381. The lowest BCUT2D eigenvalue weighted by Gasteiger charge is -2.22. The third kappa shape index (κ3) is 3.06. The maximum Gasteiger partial charge on any atom is 0.0832 e. The molecule has 1 aromatic rings. The fourth-order valence-electron chi connectivity index (χ4n) is 2.31. The molecule has 0 aromatic heterocycles. The van der Waals surface area contributed by atoms with Crippen molar-refractivity contribution < 1.29 is 5.11 Å². The zero-order chi connectivity index (χ0) is 12.0. The van der Waals surface area contributed by atoms with Gasteiger partial charge in [0.2, 0.25) is 0 Å². The first kappa shape index (κ1) is 13.2. The minimum Gasteiger partial charge on any atom is -0.388 e. The first-order valence-electron chi connectivity index (χ1n) is 6.27. The summed E-state index contributed by atoms with van der Waals surface area (Å²) in [5.74, 6) is 0.248. The summed E-state index contributed by atoms with van der Waals surface area (Å²) in [7, 11) is 0. The first-order chi connectivity index (χ1) is 7.79. The van der Waals surface area contributed by atoms with Crippen LogP contribution in [0.3, 0.4) is 0 Å². The van der Waals surface area contributed by atoms with Gasteiger partial charge in [0, 0.05) is 12.0 Å². The van der Waals surface area contributed by atoms with E-state index in [1.54, 1.807) is 0 Å². The van der Waals surface area contributed by atoms with Crippen molar-refractivity contribution >= 4 is 0 Å². The summed E-state index contributed by atoms with van der Waals surface area (Å²) < 4.78 is 0. The Morgan fingerprint density at radius 2 is 1.81 bits per heavy atom.